The Morgan fingerprint density at radius 1 is 1.38 bits per heavy atom. The molecule has 0 saturated carbocycles. The molecule has 0 aromatic rings. The molecule has 16 heavy (non-hydrogen) atoms. The summed E-state index contributed by atoms with van der Waals surface area (Å²) in [4.78, 5) is 2.65. The molecule has 0 amide bonds. The first-order chi connectivity index (χ1) is 7.43. The molecule has 1 saturated heterocycles. The minimum atomic E-state index is 0.436. The molecule has 96 valence electrons. The van der Waals surface area contributed by atoms with E-state index in [2.05, 4.69) is 44.8 Å². The Hall–Kier alpha value is -0.0800. The van der Waals surface area contributed by atoms with Crippen LogP contribution in [-0.4, -0.2) is 37.1 Å². The number of rotatable bonds is 4. The van der Waals surface area contributed by atoms with E-state index in [1.807, 2.05) is 0 Å². The number of hydrogen-bond acceptors (Lipinski definition) is 2. The van der Waals surface area contributed by atoms with E-state index >= 15 is 0 Å². The molecule has 1 fully saturated rings. The zero-order valence-corrected chi connectivity index (χ0v) is 11.8. The summed E-state index contributed by atoms with van der Waals surface area (Å²) in [6, 6.07) is 0.728. The smallest absolute Gasteiger partial charge is 0.0195 e. The molecule has 1 N–H and O–H groups in total. The number of likely N-dealkylation sites (tertiary alicyclic amines) is 1. The second-order valence-electron chi connectivity index (χ2n) is 6.42. The summed E-state index contributed by atoms with van der Waals surface area (Å²) in [5.41, 5.74) is 0.436. The summed E-state index contributed by atoms with van der Waals surface area (Å²) in [6.45, 7) is 16.5. The highest BCUT2D eigenvalue weighted by atomic mass is 15.2. The van der Waals surface area contributed by atoms with E-state index in [-0.39, 0.29) is 0 Å². The molecule has 0 aromatic carbocycles. The normalized spacial score (nSPS) is 25.7. The van der Waals surface area contributed by atoms with Gasteiger partial charge < -0.3 is 10.2 Å². The summed E-state index contributed by atoms with van der Waals surface area (Å²) >= 11 is 0. The third kappa shape index (κ3) is 4.42. The topological polar surface area (TPSA) is 15.3 Å². The Balaban J connectivity index is 2.37. The van der Waals surface area contributed by atoms with Gasteiger partial charge >= 0.3 is 0 Å². The number of piperidine rings is 1. The lowest BCUT2D eigenvalue weighted by Gasteiger charge is -2.38. The third-order valence-corrected chi connectivity index (χ3v) is 4.01. The van der Waals surface area contributed by atoms with E-state index in [1.165, 1.54) is 32.5 Å². The highest BCUT2D eigenvalue weighted by molar-refractivity contribution is 4.81. The Morgan fingerprint density at radius 2 is 2.06 bits per heavy atom. The van der Waals surface area contributed by atoms with Crippen LogP contribution in [0.3, 0.4) is 0 Å². The number of hydrogen-bond donors (Lipinski definition) is 1. The van der Waals surface area contributed by atoms with Crippen LogP contribution in [0.15, 0.2) is 0 Å². The van der Waals surface area contributed by atoms with Gasteiger partial charge in [0.15, 0.2) is 0 Å². The highest BCUT2D eigenvalue weighted by Crippen LogP contribution is 2.26. The van der Waals surface area contributed by atoms with Crippen LogP contribution in [0.25, 0.3) is 0 Å². The van der Waals surface area contributed by atoms with Crippen molar-refractivity contribution >= 4 is 0 Å². The fourth-order valence-corrected chi connectivity index (χ4v) is 2.34. The Kier molecular flexibility index (Phi) is 5.26. The second-order valence-corrected chi connectivity index (χ2v) is 6.42. The van der Waals surface area contributed by atoms with Crippen LogP contribution in [0.1, 0.15) is 47.5 Å². The van der Waals surface area contributed by atoms with Crippen LogP contribution in [0.4, 0.5) is 0 Å². The maximum Gasteiger partial charge on any atom is 0.0195 e. The first kappa shape index (κ1) is 14.0. The van der Waals surface area contributed by atoms with Gasteiger partial charge in [-0.05, 0) is 37.3 Å². The van der Waals surface area contributed by atoms with E-state index in [4.69, 9.17) is 0 Å². The van der Waals surface area contributed by atoms with Gasteiger partial charge in [0.25, 0.3) is 0 Å². The van der Waals surface area contributed by atoms with E-state index < -0.39 is 0 Å². The molecular formula is C14H30N2. The van der Waals surface area contributed by atoms with Crippen molar-refractivity contribution in [1.29, 1.82) is 0 Å². The molecular weight excluding hydrogens is 196 g/mol. The number of likely N-dealkylation sites (N-methyl/N-ethyl adjacent to an activating group) is 1. The van der Waals surface area contributed by atoms with Gasteiger partial charge in [0.2, 0.25) is 0 Å². The SMILES string of the molecule is CCNC1CCCN(CC(C)C(C)(C)C)C1. The van der Waals surface area contributed by atoms with E-state index in [0.717, 1.165) is 18.5 Å². The largest absolute Gasteiger partial charge is 0.313 e. The molecule has 1 rings (SSSR count). The maximum absolute atomic E-state index is 3.58. The van der Waals surface area contributed by atoms with Crippen molar-refractivity contribution in [3.63, 3.8) is 0 Å². The highest BCUT2D eigenvalue weighted by Gasteiger charge is 2.25. The lowest BCUT2D eigenvalue weighted by molar-refractivity contribution is 0.126. The van der Waals surface area contributed by atoms with Gasteiger partial charge in [-0.15, -0.1) is 0 Å². The molecule has 2 unspecified atom stereocenters. The van der Waals surface area contributed by atoms with Crippen molar-refractivity contribution in [3.8, 4) is 0 Å². The summed E-state index contributed by atoms with van der Waals surface area (Å²) in [6.07, 6.45) is 2.71. The molecule has 2 nitrogen and oxygen atoms in total. The third-order valence-electron chi connectivity index (χ3n) is 4.01. The van der Waals surface area contributed by atoms with Crippen LogP contribution in [0.5, 0.6) is 0 Å². The lowest BCUT2D eigenvalue weighted by Crippen LogP contribution is -2.47. The summed E-state index contributed by atoms with van der Waals surface area (Å²) in [5, 5.41) is 3.58. The standard InChI is InChI=1S/C14H30N2/c1-6-15-13-8-7-9-16(11-13)10-12(2)14(3,4)5/h12-13,15H,6-11H2,1-5H3. The molecule has 0 bridgehead atoms. The van der Waals surface area contributed by atoms with Crippen molar-refractivity contribution in [3.05, 3.63) is 0 Å². The fourth-order valence-electron chi connectivity index (χ4n) is 2.34. The molecule has 0 radical (unpaired) electrons. The molecule has 0 aliphatic carbocycles. The predicted octanol–water partition coefficient (Wildman–Crippen LogP) is 2.74. The first-order valence-electron chi connectivity index (χ1n) is 6.89. The van der Waals surface area contributed by atoms with Crippen LogP contribution >= 0.6 is 0 Å². The van der Waals surface area contributed by atoms with Crippen molar-refractivity contribution in [2.45, 2.75) is 53.5 Å². The van der Waals surface area contributed by atoms with Gasteiger partial charge in [-0.1, -0.05) is 34.6 Å². The molecule has 1 heterocycles. The molecule has 2 heteroatoms. The fraction of sp³-hybridized carbons (Fsp3) is 1.00. The van der Waals surface area contributed by atoms with E-state index in [0.29, 0.717) is 5.41 Å². The van der Waals surface area contributed by atoms with Gasteiger partial charge in [0.05, 0.1) is 0 Å². The second kappa shape index (κ2) is 6.02. The average Bonchev–Trinajstić information content (AvgIpc) is 2.17. The number of nitrogens with one attached hydrogen (secondary N) is 1. The summed E-state index contributed by atoms with van der Waals surface area (Å²) in [5.74, 6) is 0.771. The first-order valence-corrected chi connectivity index (χ1v) is 6.89. The van der Waals surface area contributed by atoms with Crippen molar-refractivity contribution < 1.29 is 0 Å². The average molecular weight is 226 g/mol. The van der Waals surface area contributed by atoms with Gasteiger partial charge in [-0.2, -0.15) is 0 Å². The van der Waals surface area contributed by atoms with Crippen LogP contribution in [0.2, 0.25) is 0 Å². The quantitative estimate of drug-likeness (QED) is 0.793. The Bertz CT molecular complexity index is 193. The minimum absolute atomic E-state index is 0.436. The van der Waals surface area contributed by atoms with Crippen molar-refractivity contribution in [2.75, 3.05) is 26.2 Å². The van der Waals surface area contributed by atoms with Gasteiger partial charge in [0, 0.05) is 19.1 Å². The maximum atomic E-state index is 3.58. The minimum Gasteiger partial charge on any atom is -0.313 e. The van der Waals surface area contributed by atoms with E-state index in [1.54, 1.807) is 0 Å². The van der Waals surface area contributed by atoms with Crippen LogP contribution < -0.4 is 5.32 Å². The van der Waals surface area contributed by atoms with Crippen LogP contribution in [-0.2, 0) is 0 Å². The lowest BCUT2D eigenvalue weighted by atomic mass is 9.81. The molecule has 1 aliphatic rings. The molecule has 0 aromatic heterocycles. The predicted molar refractivity (Wildman–Crippen MR) is 71.8 cm³/mol. The van der Waals surface area contributed by atoms with E-state index in [9.17, 15) is 0 Å². The summed E-state index contributed by atoms with van der Waals surface area (Å²) in [7, 11) is 0. The molecule has 1 aliphatic heterocycles. The zero-order chi connectivity index (χ0) is 12.2. The molecule has 0 spiro atoms. The van der Waals surface area contributed by atoms with Gasteiger partial charge in [-0.25, -0.2) is 0 Å². The Morgan fingerprint density at radius 3 is 2.62 bits per heavy atom. The van der Waals surface area contributed by atoms with Gasteiger partial charge in [0.1, 0.15) is 0 Å². The zero-order valence-electron chi connectivity index (χ0n) is 11.8. The van der Waals surface area contributed by atoms with Crippen molar-refractivity contribution in [2.24, 2.45) is 11.3 Å². The number of nitrogens with zero attached hydrogens (tertiary/aromatic N) is 1. The van der Waals surface area contributed by atoms with Crippen LogP contribution in [0, 0.1) is 11.3 Å². The van der Waals surface area contributed by atoms with Gasteiger partial charge in [-0.3, -0.25) is 0 Å². The monoisotopic (exact) mass is 226 g/mol. The Labute approximate surface area is 102 Å². The van der Waals surface area contributed by atoms with Crippen molar-refractivity contribution in [1.82, 2.24) is 10.2 Å². The molecule has 2 atom stereocenters. The summed E-state index contributed by atoms with van der Waals surface area (Å²) < 4.78 is 0.